The predicted molar refractivity (Wildman–Crippen MR) is 98.2 cm³/mol. The molecule has 1 heterocycles. The Morgan fingerprint density at radius 1 is 1.00 bits per heavy atom. The molecule has 24 heavy (non-hydrogen) atoms. The summed E-state index contributed by atoms with van der Waals surface area (Å²) in [7, 11) is -3.39. The van der Waals surface area contributed by atoms with Crippen molar-refractivity contribution in [2.45, 2.75) is 29.7 Å². The number of carbonyl (C=O) groups excluding carboxylic acids is 1. The zero-order chi connectivity index (χ0) is 17.2. The van der Waals surface area contributed by atoms with Gasteiger partial charge in [-0.05, 0) is 28.6 Å². The molecule has 124 valence electrons. The summed E-state index contributed by atoms with van der Waals surface area (Å²) in [6, 6.07) is 16.7. The predicted octanol–water partition coefficient (Wildman–Crippen LogP) is 4.40. The van der Waals surface area contributed by atoms with E-state index in [1.54, 1.807) is 12.1 Å². The first kappa shape index (κ1) is 16.9. The van der Waals surface area contributed by atoms with Crippen LogP contribution in [0.25, 0.3) is 10.1 Å². The minimum absolute atomic E-state index is 0.0476. The van der Waals surface area contributed by atoms with Gasteiger partial charge in [-0.25, -0.2) is 8.42 Å². The van der Waals surface area contributed by atoms with Crippen LogP contribution >= 0.6 is 11.3 Å². The molecule has 0 atom stereocenters. The number of carbonyl (C=O) groups is 1. The summed E-state index contributed by atoms with van der Waals surface area (Å²) in [4.78, 5) is 11.6. The molecule has 2 aromatic carbocycles. The molecule has 1 aromatic heterocycles. The third-order valence-corrected chi connectivity index (χ3v) is 7.22. The summed E-state index contributed by atoms with van der Waals surface area (Å²) in [5, 5.41) is 0.948. The summed E-state index contributed by atoms with van der Waals surface area (Å²) in [6.45, 7) is 1.83. The van der Waals surface area contributed by atoms with Crippen LogP contribution in [0, 0.1) is 0 Å². The normalized spacial score (nSPS) is 11.7. The molecule has 0 saturated carbocycles. The van der Waals surface area contributed by atoms with Gasteiger partial charge < -0.3 is 0 Å². The maximum absolute atomic E-state index is 12.7. The highest BCUT2D eigenvalue weighted by molar-refractivity contribution is 7.92. The van der Waals surface area contributed by atoms with E-state index in [0.29, 0.717) is 22.6 Å². The highest BCUT2D eigenvalue weighted by atomic mass is 32.2. The number of hydrogen-bond acceptors (Lipinski definition) is 4. The van der Waals surface area contributed by atoms with E-state index < -0.39 is 9.84 Å². The highest BCUT2D eigenvalue weighted by Gasteiger charge is 2.18. The Kier molecular flexibility index (Phi) is 4.83. The van der Waals surface area contributed by atoms with Gasteiger partial charge in [0.25, 0.3) is 0 Å². The molecule has 0 fully saturated rings. The molecule has 0 N–H and O–H groups in total. The maximum Gasteiger partial charge on any atom is 0.191 e. The quantitative estimate of drug-likeness (QED) is 0.656. The molecule has 0 saturated heterocycles. The van der Waals surface area contributed by atoms with Gasteiger partial charge in [0.05, 0.1) is 5.75 Å². The second-order valence-electron chi connectivity index (χ2n) is 5.75. The van der Waals surface area contributed by atoms with Crippen molar-refractivity contribution in [2.24, 2.45) is 0 Å². The average molecular weight is 358 g/mol. The first-order valence-corrected chi connectivity index (χ1v) is 10.3. The van der Waals surface area contributed by atoms with Crippen LogP contribution in [-0.4, -0.2) is 14.2 Å². The van der Waals surface area contributed by atoms with Gasteiger partial charge in [-0.1, -0.05) is 49.4 Å². The molecule has 0 aliphatic carbocycles. The Hall–Kier alpha value is -1.98. The molecule has 0 spiro atoms. The lowest BCUT2D eigenvalue weighted by atomic mass is 10.1. The number of rotatable bonds is 6. The molecule has 5 heteroatoms. The Labute approximate surface area is 145 Å². The molecule has 0 bridgehead atoms. The van der Waals surface area contributed by atoms with E-state index in [9.17, 15) is 13.2 Å². The largest absolute Gasteiger partial charge is 0.299 e. The number of fused-ring (bicyclic) bond motifs is 1. The van der Waals surface area contributed by atoms with E-state index in [1.165, 1.54) is 11.3 Å². The van der Waals surface area contributed by atoms with Gasteiger partial charge in [-0.3, -0.25) is 4.79 Å². The zero-order valence-electron chi connectivity index (χ0n) is 13.4. The second-order valence-corrected chi connectivity index (χ2v) is 9.05. The Morgan fingerprint density at radius 2 is 1.75 bits per heavy atom. The number of thiophene rings is 1. The minimum Gasteiger partial charge on any atom is -0.299 e. The molecular weight excluding hydrogens is 340 g/mol. The van der Waals surface area contributed by atoms with Crippen LogP contribution in [0.15, 0.2) is 58.8 Å². The van der Waals surface area contributed by atoms with Crippen molar-refractivity contribution in [3.63, 3.8) is 0 Å². The van der Waals surface area contributed by atoms with Crippen LogP contribution in [0.5, 0.6) is 0 Å². The lowest BCUT2D eigenvalue weighted by Gasteiger charge is -2.05. The van der Waals surface area contributed by atoms with Crippen molar-refractivity contribution in [3.8, 4) is 0 Å². The van der Waals surface area contributed by atoms with E-state index in [0.717, 1.165) is 15.6 Å². The Morgan fingerprint density at radius 3 is 2.50 bits per heavy atom. The van der Waals surface area contributed by atoms with E-state index >= 15 is 0 Å². The standard InChI is InChI=1S/C19H18O3S2/c1-2-17(20)11-14-6-5-7-15(10-14)13-24(21,22)19-12-16-8-3-4-9-18(16)23-19/h3-10,12H,2,11,13H2,1H3. The molecule has 0 aliphatic rings. The van der Waals surface area contributed by atoms with E-state index in [4.69, 9.17) is 0 Å². The number of benzene rings is 2. The number of hydrogen-bond donors (Lipinski definition) is 0. The van der Waals surface area contributed by atoms with Crippen molar-refractivity contribution in [1.82, 2.24) is 0 Å². The SMILES string of the molecule is CCC(=O)Cc1cccc(CS(=O)(=O)c2cc3ccccc3s2)c1. The number of ketones is 1. The smallest absolute Gasteiger partial charge is 0.191 e. The molecule has 0 amide bonds. The van der Waals surface area contributed by atoms with E-state index in [-0.39, 0.29) is 11.5 Å². The molecule has 0 unspecified atom stereocenters. The third-order valence-electron chi connectivity index (χ3n) is 3.85. The van der Waals surface area contributed by atoms with E-state index in [1.807, 2.05) is 49.4 Å². The van der Waals surface area contributed by atoms with Crippen LogP contribution in [-0.2, 0) is 26.8 Å². The molecule has 3 nitrogen and oxygen atoms in total. The topological polar surface area (TPSA) is 51.2 Å². The second kappa shape index (κ2) is 6.87. The molecule has 0 radical (unpaired) electrons. The third kappa shape index (κ3) is 3.74. The summed E-state index contributed by atoms with van der Waals surface area (Å²) < 4.78 is 26.8. The van der Waals surface area contributed by atoms with E-state index in [2.05, 4.69) is 0 Å². The van der Waals surface area contributed by atoms with Gasteiger partial charge in [0.2, 0.25) is 0 Å². The fourth-order valence-electron chi connectivity index (χ4n) is 2.58. The fourth-order valence-corrected chi connectivity index (χ4v) is 5.40. The van der Waals surface area contributed by atoms with Gasteiger partial charge >= 0.3 is 0 Å². The Balaban J connectivity index is 1.86. The van der Waals surface area contributed by atoms with Crippen molar-refractivity contribution >= 4 is 37.0 Å². The van der Waals surface area contributed by atoms with Crippen LogP contribution in [0.4, 0.5) is 0 Å². The summed E-state index contributed by atoms with van der Waals surface area (Å²) in [6.07, 6.45) is 0.845. The lowest BCUT2D eigenvalue weighted by Crippen LogP contribution is -2.05. The van der Waals surface area contributed by atoms with Crippen molar-refractivity contribution in [3.05, 3.63) is 65.7 Å². The first-order valence-electron chi connectivity index (χ1n) is 7.79. The van der Waals surface area contributed by atoms with Crippen molar-refractivity contribution in [1.29, 1.82) is 0 Å². The van der Waals surface area contributed by atoms with Crippen LogP contribution < -0.4 is 0 Å². The molecule has 3 aromatic rings. The lowest BCUT2D eigenvalue weighted by molar-refractivity contribution is -0.118. The van der Waals surface area contributed by atoms with Crippen LogP contribution in [0.2, 0.25) is 0 Å². The molecule has 3 rings (SSSR count). The highest BCUT2D eigenvalue weighted by Crippen LogP contribution is 2.30. The van der Waals surface area contributed by atoms with Crippen molar-refractivity contribution < 1.29 is 13.2 Å². The summed E-state index contributed by atoms with van der Waals surface area (Å²) in [5.74, 6) is 0.105. The monoisotopic (exact) mass is 358 g/mol. The molecule has 0 aliphatic heterocycles. The Bertz CT molecular complexity index is 952. The van der Waals surface area contributed by atoms with Gasteiger partial charge in [-0.2, -0.15) is 0 Å². The average Bonchev–Trinajstić information content (AvgIpc) is 2.99. The number of Topliss-reactive ketones (excluding diaryl/α,β-unsaturated/α-hetero) is 1. The van der Waals surface area contributed by atoms with Gasteiger partial charge in [-0.15, -0.1) is 11.3 Å². The number of sulfone groups is 1. The van der Waals surface area contributed by atoms with Gasteiger partial charge in [0, 0.05) is 17.5 Å². The minimum atomic E-state index is -3.39. The van der Waals surface area contributed by atoms with Crippen molar-refractivity contribution in [2.75, 3.05) is 0 Å². The van der Waals surface area contributed by atoms with Gasteiger partial charge in [0.1, 0.15) is 9.99 Å². The van der Waals surface area contributed by atoms with Gasteiger partial charge in [0.15, 0.2) is 9.84 Å². The van der Waals surface area contributed by atoms with Crippen LogP contribution in [0.3, 0.4) is 0 Å². The zero-order valence-corrected chi connectivity index (χ0v) is 15.0. The first-order chi connectivity index (χ1) is 11.5. The summed E-state index contributed by atoms with van der Waals surface area (Å²) >= 11 is 1.30. The molecular formula is C19H18O3S2. The summed E-state index contributed by atoms with van der Waals surface area (Å²) in [5.41, 5.74) is 1.58. The fraction of sp³-hybridized carbons (Fsp3) is 0.211. The maximum atomic E-state index is 12.7. The van der Waals surface area contributed by atoms with Crippen LogP contribution in [0.1, 0.15) is 24.5 Å².